The van der Waals surface area contributed by atoms with E-state index in [4.69, 9.17) is 5.73 Å². The van der Waals surface area contributed by atoms with Gasteiger partial charge >= 0.3 is 0 Å². The minimum atomic E-state index is 0.332. The van der Waals surface area contributed by atoms with Crippen LogP contribution in [0.15, 0.2) is 0 Å². The van der Waals surface area contributed by atoms with E-state index >= 15 is 0 Å². The molecule has 3 heterocycles. The highest BCUT2D eigenvalue weighted by molar-refractivity contribution is 5.06. The zero-order valence-corrected chi connectivity index (χ0v) is 12.8. The SMILES string of the molecule is NCC1(N2CCN(CC3CC3)CC2)CCN2CCC1C2. The van der Waals surface area contributed by atoms with Gasteiger partial charge in [-0.1, -0.05) is 0 Å². The van der Waals surface area contributed by atoms with Crippen molar-refractivity contribution in [2.75, 3.05) is 58.9 Å². The molecule has 4 fully saturated rings. The van der Waals surface area contributed by atoms with Gasteiger partial charge in [0, 0.05) is 51.4 Å². The number of piperidine rings is 1. The van der Waals surface area contributed by atoms with Crippen molar-refractivity contribution in [1.82, 2.24) is 14.7 Å². The second-order valence-electron chi connectivity index (χ2n) is 7.57. The van der Waals surface area contributed by atoms with E-state index < -0.39 is 0 Å². The van der Waals surface area contributed by atoms with E-state index in [-0.39, 0.29) is 0 Å². The molecule has 3 atom stereocenters. The maximum atomic E-state index is 6.31. The summed E-state index contributed by atoms with van der Waals surface area (Å²) in [6, 6.07) is 0. The van der Waals surface area contributed by atoms with Crippen LogP contribution in [0, 0.1) is 11.8 Å². The van der Waals surface area contributed by atoms with Crippen molar-refractivity contribution >= 4 is 0 Å². The predicted octanol–water partition coefficient (Wildman–Crippen LogP) is 0.437. The quantitative estimate of drug-likeness (QED) is 0.809. The van der Waals surface area contributed by atoms with Gasteiger partial charge in [0.15, 0.2) is 0 Å². The van der Waals surface area contributed by atoms with Gasteiger partial charge in [-0.2, -0.15) is 0 Å². The van der Waals surface area contributed by atoms with Crippen LogP contribution in [0.1, 0.15) is 25.7 Å². The molecule has 3 aliphatic heterocycles. The molecule has 3 saturated heterocycles. The molecule has 2 bridgehead atoms. The van der Waals surface area contributed by atoms with Crippen molar-refractivity contribution < 1.29 is 0 Å². The summed E-state index contributed by atoms with van der Waals surface area (Å²) in [5.41, 5.74) is 6.64. The fraction of sp³-hybridized carbons (Fsp3) is 1.00. The van der Waals surface area contributed by atoms with Gasteiger partial charge in [-0.15, -0.1) is 0 Å². The molecule has 1 saturated carbocycles. The zero-order chi connectivity index (χ0) is 13.6. The molecule has 0 amide bonds. The molecule has 2 N–H and O–H groups in total. The van der Waals surface area contributed by atoms with Crippen LogP contribution in [-0.2, 0) is 0 Å². The number of fused-ring (bicyclic) bond motifs is 2. The lowest BCUT2D eigenvalue weighted by Crippen LogP contribution is -2.66. The third kappa shape index (κ3) is 2.31. The van der Waals surface area contributed by atoms with Crippen molar-refractivity contribution in [1.29, 1.82) is 0 Å². The number of rotatable bonds is 4. The Morgan fingerprint density at radius 3 is 2.45 bits per heavy atom. The van der Waals surface area contributed by atoms with Gasteiger partial charge in [0.25, 0.3) is 0 Å². The standard InChI is InChI=1S/C16H30N4/c17-13-16(4-6-18-5-3-15(16)12-18)20-9-7-19(8-10-20)11-14-1-2-14/h14-15H,1-13,17H2. The van der Waals surface area contributed by atoms with Crippen LogP contribution in [0.5, 0.6) is 0 Å². The van der Waals surface area contributed by atoms with Crippen LogP contribution >= 0.6 is 0 Å². The lowest BCUT2D eigenvalue weighted by molar-refractivity contribution is -0.0229. The van der Waals surface area contributed by atoms with E-state index in [9.17, 15) is 0 Å². The molecule has 0 spiro atoms. The molecule has 0 radical (unpaired) electrons. The smallest absolute Gasteiger partial charge is 0.0385 e. The van der Waals surface area contributed by atoms with Gasteiger partial charge in [0.05, 0.1) is 0 Å². The number of nitrogens with zero attached hydrogens (tertiary/aromatic N) is 3. The molecule has 20 heavy (non-hydrogen) atoms. The van der Waals surface area contributed by atoms with Crippen LogP contribution < -0.4 is 5.73 Å². The first-order valence-electron chi connectivity index (χ1n) is 8.70. The zero-order valence-electron chi connectivity index (χ0n) is 12.8. The molecule has 1 aliphatic carbocycles. The van der Waals surface area contributed by atoms with Crippen molar-refractivity contribution in [3.63, 3.8) is 0 Å². The molecule has 4 rings (SSSR count). The van der Waals surface area contributed by atoms with E-state index in [1.54, 1.807) is 0 Å². The normalized spacial score (nSPS) is 43.0. The average Bonchev–Trinajstić information content (AvgIpc) is 3.22. The van der Waals surface area contributed by atoms with Gasteiger partial charge in [-0.25, -0.2) is 0 Å². The summed E-state index contributed by atoms with van der Waals surface area (Å²) in [6.45, 7) is 11.2. The summed E-state index contributed by atoms with van der Waals surface area (Å²) in [5, 5.41) is 0. The Kier molecular flexibility index (Phi) is 3.53. The lowest BCUT2D eigenvalue weighted by Gasteiger charge is -2.52. The molecule has 0 aromatic carbocycles. The van der Waals surface area contributed by atoms with E-state index in [0.717, 1.165) is 18.4 Å². The Morgan fingerprint density at radius 2 is 1.75 bits per heavy atom. The topological polar surface area (TPSA) is 35.7 Å². The van der Waals surface area contributed by atoms with E-state index in [2.05, 4.69) is 14.7 Å². The molecule has 4 heteroatoms. The molecule has 4 aliphatic rings. The van der Waals surface area contributed by atoms with Crippen molar-refractivity contribution in [2.24, 2.45) is 17.6 Å². The van der Waals surface area contributed by atoms with Crippen LogP contribution in [0.2, 0.25) is 0 Å². The Morgan fingerprint density at radius 1 is 0.950 bits per heavy atom. The monoisotopic (exact) mass is 278 g/mol. The average molecular weight is 278 g/mol. The number of piperazine rings is 1. The molecule has 4 nitrogen and oxygen atoms in total. The summed E-state index contributed by atoms with van der Waals surface area (Å²) in [7, 11) is 0. The van der Waals surface area contributed by atoms with E-state index in [1.165, 1.54) is 78.0 Å². The highest BCUT2D eigenvalue weighted by Crippen LogP contribution is 2.40. The fourth-order valence-electron chi connectivity index (χ4n) is 4.89. The first-order chi connectivity index (χ1) is 9.80. The maximum absolute atomic E-state index is 6.31. The minimum Gasteiger partial charge on any atom is -0.329 e. The van der Waals surface area contributed by atoms with Crippen molar-refractivity contribution in [3.8, 4) is 0 Å². The molecular formula is C16H30N4. The maximum Gasteiger partial charge on any atom is 0.0385 e. The number of hydrogen-bond acceptors (Lipinski definition) is 4. The first-order valence-corrected chi connectivity index (χ1v) is 8.70. The van der Waals surface area contributed by atoms with Gasteiger partial charge in [0.1, 0.15) is 0 Å². The van der Waals surface area contributed by atoms with Crippen LogP contribution in [0.3, 0.4) is 0 Å². The van der Waals surface area contributed by atoms with Gasteiger partial charge in [-0.3, -0.25) is 4.90 Å². The van der Waals surface area contributed by atoms with Crippen molar-refractivity contribution in [3.05, 3.63) is 0 Å². The third-order valence-corrected chi connectivity index (χ3v) is 6.46. The minimum absolute atomic E-state index is 0.332. The largest absolute Gasteiger partial charge is 0.329 e. The third-order valence-electron chi connectivity index (χ3n) is 6.46. The van der Waals surface area contributed by atoms with E-state index in [1.807, 2.05) is 0 Å². The van der Waals surface area contributed by atoms with Crippen LogP contribution in [0.25, 0.3) is 0 Å². The van der Waals surface area contributed by atoms with Crippen LogP contribution in [-0.4, -0.2) is 79.1 Å². The molecule has 0 aromatic rings. The van der Waals surface area contributed by atoms with Crippen LogP contribution in [0.4, 0.5) is 0 Å². The number of nitrogens with two attached hydrogens (primary N) is 1. The van der Waals surface area contributed by atoms with Gasteiger partial charge in [0.2, 0.25) is 0 Å². The summed E-state index contributed by atoms with van der Waals surface area (Å²) >= 11 is 0. The van der Waals surface area contributed by atoms with Gasteiger partial charge in [-0.05, 0) is 50.6 Å². The highest BCUT2D eigenvalue weighted by Gasteiger charge is 2.49. The van der Waals surface area contributed by atoms with Crippen molar-refractivity contribution in [2.45, 2.75) is 31.2 Å². The first kappa shape index (κ1) is 13.5. The Bertz CT molecular complexity index is 348. The summed E-state index contributed by atoms with van der Waals surface area (Å²) in [4.78, 5) is 8.12. The van der Waals surface area contributed by atoms with Gasteiger partial charge < -0.3 is 15.5 Å². The summed E-state index contributed by atoms with van der Waals surface area (Å²) in [6.07, 6.45) is 5.63. The highest BCUT2D eigenvalue weighted by atomic mass is 15.3. The number of hydrogen-bond donors (Lipinski definition) is 1. The second kappa shape index (κ2) is 5.24. The second-order valence-corrected chi connectivity index (χ2v) is 7.57. The van der Waals surface area contributed by atoms with E-state index in [0.29, 0.717) is 5.54 Å². The summed E-state index contributed by atoms with van der Waals surface area (Å²) < 4.78 is 0. The Hall–Kier alpha value is -0.160. The molecule has 114 valence electrons. The molecular weight excluding hydrogens is 248 g/mol. The molecule has 3 unspecified atom stereocenters. The molecule has 0 aromatic heterocycles. The predicted molar refractivity (Wildman–Crippen MR) is 81.7 cm³/mol. The fourth-order valence-corrected chi connectivity index (χ4v) is 4.89. The lowest BCUT2D eigenvalue weighted by atomic mass is 9.77. The summed E-state index contributed by atoms with van der Waals surface area (Å²) in [5.74, 6) is 1.86. The Labute approximate surface area is 123 Å². The Balaban J connectivity index is 1.40.